The van der Waals surface area contributed by atoms with Crippen LogP contribution in [-0.2, 0) is 23.0 Å². The Bertz CT molecular complexity index is 2210. The van der Waals surface area contributed by atoms with E-state index in [0.717, 1.165) is 19.9 Å². The van der Waals surface area contributed by atoms with Crippen molar-refractivity contribution in [3.8, 4) is 0 Å². The molecule has 336 valence electrons. The van der Waals surface area contributed by atoms with E-state index in [-0.39, 0.29) is 24.1 Å². The van der Waals surface area contributed by atoms with Gasteiger partial charge in [0, 0.05) is 22.9 Å². The van der Waals surface area contributed by atoms with Crippen molar-refractivity contribution in [2.24, 2.45) is 0 Å². The van der Waals surface area contributed by atoms with E-state index in [9.17, 15) is 92.3 Å². The molecule has 0 atom stereocenters. The Labute approximate surface area is 338 Å². The minimum atomic E-state index is -6.68. The van der Waals surface area contributed by atoms with Gasteiger partial charge in [-0.05, 0) is 98.0 Å². The van der Waals surface area contributed by atoms with Crippen LogP contribution in [0.15, 0.2) is 36.4 Å². The van der Waals surface area contributed by atoms with Gasteiger partial charge in [0.05, 0.1) is 22.3 Å². The first-order valence-corrected chi connectivity index (χ1v) is 17.7. The molecule has 2 amide bonds. The van der Waals surface area contributed by atoms with Crippen LogP contribution in [-0.4, -0.2) is 74.9 Å². The summed E-state index contributed by atoms with van der Waals surface area (Å²) < 4.78 is 172. The third-order valence-electron chi connectivity index (χ3n) is 10.1. The summed E-state index contributed by atoms with van der Waals surface area (Å²) in [7, 11) is 0. The number of nitrogens with one attached hydrogen (secondary N) is 2. The summed E-state index contributed by atoms with van der Waals surface area (Å²) >= 11 is 0. The highest BCUT2D eigenvalue weighted by molar-refractivity contribution is 6.15. The number of carbonyl (C=O) groups is 4. The SMILES string of the molecule is CCC(C)(C)c1cc(C)c(Cc2cc(C(O)(C(F)(F)F)C(F)(F)F)c(NC(=O)c3cc(C(=O)O)c(C(=O)NC(C)C)cc3C(=O)O)cc2C)cc1C(O)(C(F)(F)F)C(F)(F)F. The Morgan fingerprint density at radius 1 is 0.574 bits per heavy atom. The van der Waals surface area contributed by atoms with Crippen LogP contribution in [0.25, 0.3) is 0 Å². The quantitative estimate of drug-likeness (QED) is 0.0978. The molecule has 0 bridgehead atoms. The number of alkyl halides is 12. The van der Waals surface area contributed by atoms with E-state index in [2.05, 4.69) is 5.32 Å². The molecule has 0 aliphatic rings. The molecule has 61 heavy (non-hydrogen) atoms. The van der Waals surface area contributed by atoms with Gasteiger partial charge in [0.15, 0.2) is 0 Å². The third-order valence-corrected chi connectivity index (χ3v) is 10.1. The molecule has 3 aromatic carbocycles. The number of aliphatic hydroxyl groups is 2. The summed E-state index contributed by atoms with van der Waals surface area (Å²) in [6.45, 7) is 8.95. The Kier molecular flexibility index (Phi) is 13.5. The highest BCUT2D eigenvalue weighted by Gasteiger charge is 2.73. The number of hydrogen-bond acceptors (Lipinski definition) is 6. The molecule has 0 saturated heterocycles. The van der Waals surface area contributed by atoms with Gasteiger partial charge >= 0.3 is 36.6 Å². The molecule has 22 heteroatoms. The summed E-state index contributed by atoms with van der Waals surface area (Å²) in [6.07, 6.45) is -27.3. The number of rotatable bonds is 12. The van der Waals surface area contributed by atoms with Gasteiger partial charge in [0.1, 0.15) is 0 Å². The molecule has 0 aromatic heterocycles. The molecule has 0 radical (unpaired) electrons. The van der Waals surface area contributed by atoms with Crippen molar-refractivity contribution in [3.05, 3.63) is 97.6 Å². The lowest BCUT2D eigenvalue weighted by atomic mass is 9.73. The molecular formula is C39H38F12N2O8. The van der Waals surface area contributed by atoms with Gasteiger partial charge in [-0.3, -0.25) is 9.59 Å². The van der Waals surface area contributed by atoms with Gasteiger partial charge in [0.2, 0.25) is 0 Å². The van der Waals surface area contributed by atoms with E-state index in [1.54, 1.807) is 5.32 Å². The Morgan fingerprint density at radius 3 is 1.33 bits per heavy atom. The Morgan fingerprint density at radius 2 is 0.951 bits per heavy atom. The second-order valence-corrected chi connectivity index (χ2v) is 15.1. The maximum absolute atomic E-state index is 14.5. The molecule has 0 aliphatic heterocycles. The average Bonchev–Trinajstić information content (AvgIpc) is 3.09. The number of aryl methyl sites for hydroxylation is 2. The number of carboxylic acids is 2. The standard InChI is InChI=1S/C39H38F12N2O8/c1-8-33(6,7)25-9-17(4)19(12-26(25)34(60,36(40,41)42)37(43,44)45)11-20-13-27(35(61,38(46,47)48)39(49,50)51)28(10-18(20)5)53-30(55)22-15-23(31(56)57)21(14-24(22)32(58)59)29(54)52-16(2)3/h9-10,12-16,60-61H,8,11H2,1-7H3,(H,52,54)(H,53,55)(H,56,57)(H,58,59). The number of carboxylic acid groups (broad SMARTS) is 2. The first-order chi connectivity index (χ1) is 27.4. The van der Waals surface area contributed by atoms with Crippen molar-refractivity contribution >= 4 is 29.4 Å². The number of aromatic carboxylic acids is 2. The summed E-state index contributed by atoms with van der Waals surface area (Å²) in [5.41, 5.74) is -25.0. The lowest BCUT2D eigenvalue weighted by Gasteiger charge is -2.38. The summed E-state index contributed by atoms with van der Waals surface area (Å²) in [5.74, 6) is -6.98. The summed E-state index contributed by atoms with van der Waals surface area (Å²) in [6, 6.07) is 1.64. The van der Waals surface area contributed by atoms with E-state index in [1.165, 1.54) is 34.6 Å². The number of carbonyl (C=O) groups excluding carboxylic acids is 2. The predicted octanol–water partition coefficient (Wildman–Crippen LogP) is 8.99. The number of hydrogen-bond donors (Lipinski definition) is 6. The third kappa shape index (κ3) is 9.29. The monoisotopic (exact) mass is 890 g/mol. The van der Waals surface area contributed by atoms with Crippen molar-refractivity contribution in [1.82, 2.24) is 5.32 Å². The number of amides is 2. The second kappa shape index (κ2) is 16.5. The molecule has 10 nitrogen and oxygen atoms in total. The largest absolute Gasteiger partial charge is 0.478 e. The second-order valence-electron chi connectivity index (χ2n) is 15.1. The highest BCUT2D eigenvalue weighted by Crippen LogP contribution is 2.54. The first-order valence-electron chi connectivity index (χ1n) is 17.7. The molecule has 0 unspecified atom stereocenters. The van der Waals surface area contributed by atoms with Crippen LogP contribution in [0.3, 0.4) is 0 Å². The van der Waals surface area contributed by atoms with Gasteiger partial charge in [-0.2, -0.15) is 52.7 Å². The number of halogens is 12. The van der Waals surface area contributed by atoms with Gasteiger partial charge in [-0.15, -0.1) is 0 Å². The van der Waals surface area contributed by atoms with E-state index >= 15 is 0 Å². The van der Waals surface area contributed by atoms with Crippen LogP contribution in [0.1, 0.15) is 121 Å². The van der Waals surface area contributed by atoms with Crippen LogP contribution in [0.2, 0.25) is 0 Å². The smallest absolute Gasteiger partial charge is 0.430 e. The minimum absolute atomic E-state index is 0.0226. The van der Waals surface area contributed by atoms with Crippen LogP contribution < -0.4 is 10.6 Å². The Hall–Kier alpha value is -5.38. The molecule has 3 aromatic rings. The topological polar surface area (TPSA) is 173 Å². The minimum Gasteiger partial charge on any atom is -0.478 e. The van der Waals surface area contributed by atoms with Gasteiger partial charge in [-0.25, -0.2) is 9.59 Å². The van der Waals surface area contributed by atoms with E-state index in [1.807, 2.05) is 0 Å². The molecule has 0 aliphatic carbocycles. The average molecular weight is 891 g/mol. The van der Waals surface area contributed by atoms with Crippen LogP contribution in [0, 0.1) is 13.8 Å². The molecule has 6 N–H and O–H groups in total. The van der Waals surface area contributed by atoms with Crippen molar-refractivity contribution in [2.45, 2.75) is 109 Å². The fourth-order valence-corrected chi connectivity index (χ4v) is 6.34. The van der Waals surface area contributed by atoms with Crippen LogP contribution in [0.5, 0.6) is 0 Å². The molecular weight excluding hydrogens is 852 g/mol. The molecule has 0 heterocycles. The Balaban J connectivity index is 2.45. The normalized spacial score (nSPS) is 13.3. The lowest BCUT2D eigenvalue weighted by molar-refractivity contribution is -0.376. The lowest BCUT2D eigenvalue weighted by Crippen LogP contribution is -2.55. The van der Waals surface area contributed by atoms with Crippen LogP contribution in [0.4, 0.5) is 58.4 Å². The van der Waals surface area contributed by atoms with Gasteiger partial charge < -0.3 is 31.1 Å². The van der Waals surface area contributed by atoms with E-state index in [0.29, 0.717) is 18.2 Å². The summed E-state index contributed by atoms with van der Waals surface area (Å²) in [5, 5.41) is 44.5. The highest BCUT2D eigenvalue weighted by atomic mass is 19.4. The van der Waals surface area contributed by atoms with Gasteiger partial charge in [0.25, 0.3) is 23.0 Å². The van der Waals surface area contributed by atoms with E-state index in [4.69, 9.17) is 0 Å². The fourth-order valence-electron chi connectivity index (χ4n) is 6.34. The van der Waals surface area contributed by atoms with Gasteiger partial charge in [-0.1, -0.05) is 32.9 Å². The maximum Gasteiger partial charge on any atom is 0.430 e. The molecule has 0 saturated carbocycles. The van der Waals surface area contributed by atoms with E-state index < -0.39 is 139 Å². The first kappa shape index (κ1) is 50.0. The zero-order chi connectivity index (χ0) is 47.4. The number of anilines is 1. The predicted molar refractivity (Wildman–Crippen MR) is 191 cm³/mol. The van der Waals surface area contributed by atoms with Crippen LogP contribution >= 0.6 is 0 Å². The zero-order valence-electron chi connectivity index (χ0n) is 32.9. The fraction of sp³-hybridized carbons (Fsp3) is 0.436. The maximum atomic E-state index is 14.5. The van der Waals surface area contributed by atoms with Crippen molar-refractivity contribution in [3.63, 3.8) is 0 Å². The summed E-state index contributed by atoms with van der Waals surface area (Å²) in [4.78, 5) is 50.6. The van der Waals surface area contributed by atoms with Crippen molar-refractivity contribution in [2.75, 3.05) is 5.32 Å². The molecule has 3 rings (SSSR count). The van der Waals surface area contributed by atoms with Crippen molar-refractivity contribution < 1.29 is 92.3 Å². The van der Waals surface area contributed by atoms with Crippen molar-refractivity contribution in [1.29, 1.82) is 0 Å². The zero-order valence-corrected chi connectivity index (χ0v) is 32.9. The molecule has 0 spiro atoms. The molecule has 0 fully saturated rings. The number of benzene rings is 3.